The van der Waals surface area contributed by atoms with Crippen molar-refractivity contribution in [1.29, 1.82) is 0 Å². The number of hydrogen-bond donors (Lipinski definition) is 1. The summed E-state index contributed by atoms with van der Waals surface area (Å²) in [6.45, 7) is 5.44. The van der Waals surface area contributed by atoms with Crippen molar-refractivity contribution in [3.63, 3.8) is 0 Å². The Hall–Kier alpha value is -4.05. The van der Waals surface area contributed by atoms with E-state index in [-0.39, 0.29) is 11.8 Å². The number of piperidine rings is 1. The van der Waals surface area contributed by atoms with Gasteiger partial charge in [0.15, 0.2) is 10.8 Å². The van der Waals surface area contributed by atoms with Gasteiger partial charge in [-0.05, 0) is 44.9 Å². The Bertz CT molecular complexity index is 1500. The first-order chi connectivity index (χ1) is 17.5. The Morgan fingerprint density at radius 3 is 2.72 bits per heavy atom. The molecule has 182 valence electrons. The number of anilines is 2. The van der Waals surface area contributed by atoms with E-state index in [0.717, 1.165) is 64.3 Å². The topological polar surface area (TPSA) is 93.2 Å². The zero-order chi connectivity index (χ0) is 24.6. The van der Waals surface area contributed by atoms with Crippen molar-refractivity contribution in [2.45, 2.75) is 26.7 Å². The molecule has 9 nitrogen and oxygen atoms in total. The van der Waals surface area contributed by atoms with Crippen LogP contribution in [0.1, 0.15) is 24.2 Å². The predicted molar refractivity (Wildman–Crippen MR) is 141 cm³/mol. The van der Waals surface area contributed by atoms with Gasteiger partial charge in [-0.3, -0.25) is 9.20 Å². The molecule has 1 aromatic carbocycles. The van der Waals surface area contributed by atoms with Crippen molar-refractivity contribution in [3.8, 4) is 17.1 Å². The second kappa shape index (κ2) is 9.19. The number of fused-ring (bicyclic) bond motifs is 1. The smallest absolute Gasteiger partial charge is 0.229 e. The number of nitrogens with one attached hydrogen (secondary N) is 1. The Morgan fingerprint density at radius 2 is 1.94 bits per heavy atom. The summed E-state index contributed by atoms with van der Waals surface area (Å²) in [4.78, 5) is 29.8. The quantitative estimate of drug-likeness (QED) is 0.383. The highest BCUT2D eigenvalue weighted by Crippen LogP contribution is 2.26. The van der Waals surface area contributed by atoms with Crippen molar-refractivity contribution < 1.29 is 4.79 Å². The van der Waals surface area contributed by atoms with Crippen LogP contribution in [0, 0.1) is 19.8 Å². The third-order valence-corrected chi connectivity index (χ3v) is 7.29. The second-order valence-corrected chi connectivity index (χ2v) is 10.0. The fraction of sp³-hybridized carbons (Fsp3) is 0.269. The highest BCUT2D eigenvalue weighted by atomic mass is 32.1. The molecule has 10 heteroatoms. The Morgan fingerprint density at radius 1 is 1.11 bits per heavy atom. The minimum absolute atomic E-state index is 0.0304. The van der Waals surface area contributed by atoms with Gasteiger partial charge in [0.05, 0.1) is 17.3 Å². The van der Waals surface area contributed by atoms with E-state index < -0.39 is 0 Å². The Balaban J connectivity index is 1.13. The fourth-order valence-electron chi connectivity index (χ4n) is 4.72. The summed E-state index contributed by atoms with van der Waals surface area (Å²) >= 11 is 1.61. The van der Waals surface area contributed by atoms with Crippen molar-refractivity contribution in [2.24, 2.45) is 5.92 Å². The molecule has 0 spiro atoms. The second-order valence-electron chi connectivity index (χ2n) is 9.14. The first kappa shape index (κ1) is 22.4. The molecule has 0 radical (unpaired) electrons. The molecule has 1 saturated heterocycles. The molecule has 1 N–H and O–H groups in total. The van der Waals surface area contributed by atoms with Gasteiger partial charge < -0.3 is 10.2 Å². The number of nitrogens with zero attached hydrogens (tertiary/aromatic N) is 7. The number of amides is 1. The van der Waals surface area contributed by atoms with Gasteiger partial charge in [0.2, 0.25) is 5.91 Å². The van der Waals surface area contributed by atoms with E-state index in [1.165, 1.54) is 0 Å². The van der Waals surface area contributed by atoms with Gasteiger partial charge in [0, 0.05) is 53.9 Å². The first-order valence-corrected chi connectivity index (χ1v) is 12.9. The molecule has 4 aromatic heterocycles. The molecular weight excluding hydrogens is 472 g/mol. The van der Waals surface area contributed by atoms with Crippen LogP contribution >= 0.6 is 11.3 Å². The molecule has 36 heavy (non-hydrogen) atoms. The number of rotatable bonds is 5. The molecule has 5 aromatic rings. The Labute approximate surface area is 212 Å². The van der Waals surface area contributed by atoms with E-state index in [0.29, 0.717) is 6.54 Å². The number of aryl methyl sites for hydroxylation is 2. The van der Waals surface area contributed by atoms with Crippen molar-refractivity contribution >= 4 is 33.7 Å². The minimum Gasteiger partial charge on any atom is -0.356 e. The molecule has 6 rings (SSSR count). The fourth-order valence-corrected chi connectivity index (χ4v) is 5.42. The largest absolute Gasteiger partial charge is 0.356 e. The van der Waals surface area contributed by atoms with E-state index in [9.17, 15) is 4.79 Å². The summed E-state index contributed by atoms with van der Waals surface area (Å²) in [5, 5.41) is 9.64. The van der Waals surface area contributed by atoms with E-state index in [4.69, 9.17) is 0 Å². The molecule has 1 fully saturated rings. The molecule has 0 bridgehead atoms. The number of thiazole rings is 1. The summed E-state index contributed by atoms with van der Waals surface area (Å²) in [6.07, 6.45) is 7.36. The number of carbonyl (C=O) groups excluding carboxylic acids is 1. The van der Waals surface area contributed by atoms with E-state index in [2.05, 4.69) is 30.3 Å². The summed E-state index contributed by atoms with van der Waals surface area (Å²) in [5.74, 6) is 1.46. The third kappa shape index (κ3) is 4.35. The van der Waals surface area contributed by atoms with Crippen LogP contribution in [0.4, 0.5) is 11.5 Å². The van der Waals surface area contributed by atoms with E-state index in [1.807, 2.05) is 77.1 Å². The minimum atomic E-state index is -0.120. The van der Waals surface area contributed by atoms with Crippen LogP contribution in [-0.2, 0) is 4.79 Å². The van der Waals surface area contributed by atoms with Crippen LogP contribution in [0.5, 0.6) is 0 Å². The van der Waals surface area contributed by atoms with Crippen molar-refractivity contribution in [3.05, 3.63) is 71.9 Å². The molecule has 1 atom stereocenters. The van der Waals surface area contributed by atoms with Gasteiger partial charge in [-0.1, -0.05) is 12.1 Å². The number of carbonyl (C=O) groups is 1. The summed E-state index contributed by atoms with van der Waals surface area (Å²) in [6, 6.07) is 11.8. The van der Waals surface area contributed by atoms with Gasteiger partial charge in [-0.15, -0.1) is 11.3 Å². The maximum Gasteiger partial charge on any atom is 0.229 e. The molecule has 1 amide bonds. The standard InChI is InChI=1S/C26H26N8OS/c1-17-12-18(2)34(31-17)24-13-23(27-16-28-24)32-9-3-4-20(14-32)25(35)29-21-7-5-19(6-8-21)22-15-33-10-11-36-26(33)30-22/h5-8,10-13,15-16,20H,3-4,9,14H2,1-2H3,(H,29,35). The van der Waals surface area contributed by atoms with Crippen LogP contribution < -0.4 is 10.2 Å². The highest BCUT2D eigenvalue weighted by Gasteiger charge is 2.27. The third-order valence-electron chi connectivity index (χ3n) is 6.52. The number of benzene rings is 1. The van der Waals surface area contributed by atoms with Gasteiger partial charge in [0.25, 0.3) is 0 Å². The molecule has 1 aliphatic heterocycles. The van der Waals surface area contributed by atoms with Crippen LogP contribution in [0.15, 0.2) is 60.5 Å². The van der Waals surface area contributed by atoms with Crippen LogP contribution in [0.25, 0.3) is 22.0 Å². The zero-order valence-corrected chi connectivity index (χ0v) is 20.9. The molecule has 0 saturated carbocycles. The van der Waals surface area contributed by atoms with Crippen LogP contribution in [-0.4, -0.2) is 48.1 Å². The number of hydrogen-bond acceptors (Lipinski definition) is 7. The summed E-state index contributed by atoms with van der Waals surface area (Å²) in [5.41, 5.74) is 4.70. The average Bonchev–Trinajstić information content (AvgIpc) is 3.59. The lowest BCUT2D eigenvalue weighted by molar-refractivity contribution is -0.120. The molecule has 0 aliphatic carbocycles. The lowest BCUT2D eigenvalue weighted by Crippen LogP contribution is -2.41. The lowest BCUT2D eigenvalue weighted by atomic mass is 9.97. The van der Waals surface area contributed by atoms with Gasteiger partial charge in [0.1, 0.15) is 12.1 Å². The Kier molecular flexibility index (Phi) is 5.73. The van der Waals surface area contributed by atoms with E-state index >= 15 is 0 Å². The lowest BCUT2D eigenvalue weighted by Gasteiger charge is -2.33. The maximum absolute atomic E-state index is 13.1. The number of imidazole rings is 1. The predicted octanol–water partition coefficient (Wildman–Crippen LogP) is 4.51. The molecule has 5 heterocycles. The van der Waals surface area contributed by atoms with Gasteiger partial charge in [-0.25, -0.2) is 19.6 Å². The highest BCUT2D eigenvalue weighted by molar-refractivity contribution is 7.15. The van der Waals surface area contributed by atoms with Crippen molar-refractivity contribution in [2.75, 3.05) is 23.3 Å². The molecular formula is C26H26N8OS. The summed E-state index contributed by atoms with van der Waals surface area (Å²) in [7, 11) is 0. The monoisotopic (exact) mass is 498 g/mol. The number of aromatic nitrogens is 6. The summed E-state index contributed by atoms with van der Waals surface area (Å²) < 4.78 is 3.84. The average molecular weight is 499 g/mol. The van der Waals surface area contributed by atoms with Crippen LogP contribution in [0.3, 0.4) is 0 Å². The zero-order valence-electron chi connectivity index (χ0n) is 20.1. The maximum atomic E-state index is 13.1. The molecule has 1 unspecified atom stereocenters. The van der Waals surface area contributed by atoms with Crippen molar-refractivity contribution in [1.82, 2.24) is 29.1 Å². The first-order valence-electron chi connectivity index (χ1n) is 12.0. The van der Waals surface area contributed by atoms with E-state index in [1.54, 1.807) is 17.7 Å². The SMILES string of the molecule is Cc1cc(C)n(-c2cc(N3CCCC(C(=O)Nc4ccc(-c5cn6ccsc6n5)cc4)C3)ncn2)n1. The van der Waals surface area contributed by atoms with Gasteiger partial charge >= 0.3 is 0 Å². The van der Waals surface area contributed by atoms with Crippen LogP contribution in [0.2, 0.25) is 0 Å². The normalized spacial score (nSPS) is 15.9. The van der Waals surface area contributed by atoms with Gasteiger partial charge in [-0.2, -0.15) is 5.10 Å². The molecule has 1 aliphatic rings.